The van der Waals surface area contributed by atoms with Crippen molar-refractivity contribution in [3.63, 3.8) is 0 Å². The van der Waals surface area contributed by atoms with Crippen molar-refractivity contribution in [1.82, 2.24) is 0 Å². The molecule has 2 fully saturated rings. The Balaban J connectivity index is 0.000000278. The monoisotopic (exact) mass is 736 g/mol. The van der Waals surface area contributed by atoms with Crippen LogP contribution in [0.5, 0.6) is 0 Å². The van der Waals surface area contributed by atoms with Gasteiger partial charge in [-0.25, -0.2) is 12.2 Å². The van der Waals surface area contributed by atoms with E-state index in [1.54, 1.807) is 24.2 Å². The predicted molar refractivity (Wildman–Crippen MR) is 193 cm³/mol. The third-order valence-electron chi connectivity index (χ3n) is 10.1. The van der Waals surface area contributed by atoms with Crippen LogP contribution in [0.4, 0.5) is 0 Å². The molecule has 3 aromatic carbocycles. The summed E-state index contributed by atoms with van der Waals surface area (Å²) in [5, 5.41) is 5.55. The number of hydrogen-bond donors (Lipinski definition) is 0. The summed E-state index contributed by atoms with van der Waals surface area (Å²) in [5.74, 6) is 2.15. The van der Waals surface area contributed by atoms with Crippen LogP contribution in [0.3, 0.4) is 0 Å². The number of halogens is 2. The fourth-order valence-electron chi connectivity index (χ4n) is 7.85. The molecule has 3 aliphatic rings. The van der Waals surface area contributed by atoms with Crippen LogP contribution in [-0.2, 0) is 35.1 Å². The van der Waals surface area contributed by atoms with E-state index in [-0.39, 0.29) is 35.6 Å². The Bertz CT molecular complexity index is 1340. The molecular formula is C43H60Cl2Zr-2. The van der Waals surface area contributed by atoms with E-state index in [1.165, 1.54) is 121 Å². The number of rotatable bonds is 4. The molecule has 6 rings (SSSR count). The molecular weight excluding hydrogens is 679 g/mol. The Hall–Kier alpha value is -0.877. The first-order valence-corrected chi connectivity index (χ1v) is 19.0. The molecule has 0 unspecified atom stereocenters. The normalized spacial score (nSPS) is 17.1. The van der Waals surface area contributed by atoms with Gasteiger partial charge in [0.2, 0.25) is 0 Å². The second-order valence-corrected chi connectivity index (χ2v) is 17.9. The molecule has 0 saturated heterocycles. The summed E-state index contributed by atoms with van der Waals surface area (Å²) in [4.78, 5) is 0. The molecule has 2 saturated carbocycles. The first kappa shape index (κ1) is 41.3. The van der Waals surface area contributed by atoms with E-state index in [0.29, 0.717) is 0 Å². The van der Waals surface area contributed by atoms with Crippen LogP contribution in [0, 0.1) is 31.8 Å². The van der Waals surface area contributed by atoms with Gasteiger partial charge in [-0.2, -0.15) is 6.08 Å². The van der Waals surface area contributed by atoms with Crippen molar-refractivity contribution in [2.75, 3.05) is 0 Å². The third kappa shape index (κ3) is 11.9. The Morgan fingerprint density at radius 2 is 1.11 bits per heavy atom. The molecule has 0 N–H and O–H groups in total. The molecule has 0 spiro atoms. The molecule has 46 heavy (non-hydrogen) atoms. The van der Waals surface area contributed by atoms with Crippen molar-refractivity contribution in [3.05, 3.63) is 76.9 Å². The van der Waals surface area contributed by atoms with Gasteiger partial charge in [-0.05, 0) is 24.7 Å². The first-order chi connectivity index (χ1) is 20.8. The summed E-state index contributed by atoms with van der Waals surface area (Å²) in [6, 6.07) is 11.9. The Morgan fingerprint density at radius 1 is 0.696 bits per heavy atom. The van der Waals surface area contributed by atoms with Gasteiger partial charge < -0.3 is 24.8 Å². The summed E-state index contributed by atoms with van der Waals surface area (Å²) < 4.78 is 1.91. The number of allylic oxidation sites excluding steroid dienone is 4. The van der Waals surface area contributed by atoms with Crippen LogP contribution < -0.4 is 24.8 Å². The van der Waals surface area contributed by atoms with E-state index in [2.05, 4.69) is 97.9 Å². The van der Waals surface area contributed by atoms with Gasteiger partial charge >= 0.3 is 116 Å². The summed E-state index contributed by atoms with van der Waals surface area (Å²) in [7, 11) is 0. The van der Waals surface area contributed by atoms with E-state index in [1.807, 2.05) is 15.4 Å². The van der Waals surface area contributed by atoms with Crippen LogP contribution in [0.2, 0.25) is 0 Å². The van der Waals surface area contributed by atoms with Crippen LogP contribution in [0.1, 0.15) is 147 Å². The molecule has 252 valence electrons. The summed E-state index contributed by atoms with van der Waals surface area (Å²) in [6.45, 7) is 18.3. The van der Waals surface area contributed by atoms with Gasteiger partial charge in [0.25, 0.3) is 0 Å². The fraction of sp³-hybridized carbons (Fsp3) is 0.581. The minimum atomic E-state index is 0. The minimum absolute atomic E-state index is 0. The molecule has 0 aromatic heterocycles. The van der Waals surface area contributed by atoms with Crippen LogP contribution in [0.15, 0.2) is 48.6 Å². The van der Waals surface area contributed by atoms with Crippen molar-refractivity contribution in [3.8, 4) is 0 Å². The van der Waals surface area contributed by atoms with Gasteiger partial charge in [-0.3, -0.25) is 6.08 Å². The summed E-state index contributed by atoms with van der Waals surface area (Å²) in [5.41, 5.74) is 6.06. The molecule has 0 heterocycles. The van der Waals surface area contributed by atoms with Crippen LogP contribution in [-0.4, -0.2) is 3.21 Å². The van der Waals surface area contributed by atoms with E-state index < -0.39 is 0 Å². The average Bonchev–Trinajstić information content (AvgIpc) is 3.64. The molecule has 0 nitrogen and oxygen atoms in total. The van der Waals surface area contributed by atoms with E-state index in [9.17, 15) is 0 Å². The van der Waals surface area contributed by atoms with Crippen molar-refractivity contribution < 1.29 is 49.0 Å². The molecule has 0 bridgehead atoms. The van der Waals surface area contributed by atoms with Crippen molar-refractivity contribution in [1.29, 1.82) is 0 Å². The number of benzene rings is 2. The van der Waals surface area contributed by atoms with Crippen molar-refractivity contribution in [2.24, 2.45) is 11.8 Å². The zero-order valence-electron chi connectivity index (χ0n) is 30.2. The zero-order chi connectivity index (χ0) is 31.9. The van der Waals surface area contributed by atoms with Crippen molar-refractivity contribution >= 4 is 24.8 Å². The molecule has 3 heteroatoms. The van der Waals surface area contributed by atoms with Crippen molar-refractivity contribution in [2.45, 2.75) is 150 Å². The third-order valence-corrected chi connectivity index (χ3v) is 11.1. The second-order valence-electron chi connectivity index (χ2n) is 16.2. The van der Waals surface area contributed by atoms with Gasteiger partial charge in [0, 0.05) is 0 Å². The van der Waals surface area contributed by atoms with Gasteiger partial charge in [-0.15, -0.1) is 46.2 Å². The van der Waals surface area contributed by atoms with Gasteiger partial charge in [0.15, 0.2) is 0 Å². The van der Waals surface area contributed by atoms with E-state index >= 15 is 0 Å². The Morgan fingerprint density at radius 3 is 1.41 bits per heavy atom. The Labute approximate surface area is 310 Å². The molecule has 0 aliphatic heterocycles. The Kier molecular flexibility index (Phi) is 16.8. The predicted octanol–water partition coefficient (Wildman–Crippen LogP) is 6.88. The maximum atomic E-state index is 2.99. The van der Waals surface area contributed by atoms with Gasteiger partial charge in [-0.1, -0.05) is 75.9 Å². The maximum absolute atomic E-state index is 2.99. The van der Waals surface area contributed by atoms with Gasteiger partial charge in [0.05, 0.1) is 0 Å². The fourth-order valence-corrected chi connectivity index (χ4v) is 9.27. The SMILES string of the molecule is Cc1cc2[cH-]c3cc(C)c(C(C)(C)C)cc3c2cc1C(C)(C)C.[C-]1=CC=CC1.[Cl-].[Cl-].[Zr+2]=[C](CC1CCCCC1)CC1CCCCC1. The number of fused-ring (bicyclic) bond motifs is 3. The van der Waals surface area contributed by atoms with E-state index in [0.717, 1.165) is 18.3 Å². The quantitative estimate of drug-likeness (QED) is 0.256. The summed E-state index contributed by atoms with van der Waals surface area (Å²) in [6.07, 6.45) is 28.2. The van der Waals surface area contributed by atoms with Crippen LogP contribution >= 0.6 is 0 Å². The second kappa shape index (κ2) is 18.8. The standard InChI is InChI=1S/C23H29.C15H26.C5H5.2ClH.Zr/c1-14-9-16-11-17-10-15(2)21(23(6,7)8)13-19(17)18(16)12-20(14)22(3,4)5;1-3-8-14(9-4-1)12-7-13-15-10-5-2-6-11-15;1-2-4-5-3-1;;;/h9-13H,1-8H3;14-15H,1-6,8-13H2;1-3H,4H2;2*1H;/q-1;;-1;;;+2/p-2. The number of aryl methyl sites for hydroxylation is 2. The average molecular weight is 739 g/mol. The topological polar surface area (TPSA) is 0 Å². The van der Waals surface area contributed by atoms with E-state index in [4.69, 9.17) is 0 Å². The molecule has 3 aliphatic carbocycles. The molecule has 0 atom stereocenters. The summed E-state index contributed by atoms with van der Waals surface area (Å²) >= 11 is 1.75. The molecule has 3 aromatic rings. The van der Waals surface area contributed by atoms with Gasteiger partial charge in [0.1, 0.15) is 0 Å². The molecule has 0 amide bonds. The first-order valence-electron chi connectivity index (χ1n) is 17.8. The molecule has 0 radical (unpaired) electrons. The number of hydrogen-bond acceptors (Lipinski definition) is 0. The zero-order valence-corrected chi connectivity index (χ0v) is 34.2. The van der Waals surface area contributed by atoms with Crippen LogP contribution in [0.25, 0.3) is 21.5 Å².